The number of aryl methyl sites for hydroxylation is 1. The Morgan fingerprint density at radius 3 is 1.44 bits per heavy atom. The molecule has 0 nitrogen and oxygen atoms in total. The molecular weight excluding hydrogens is 287 g/mol. The maximum absolute atomic E-state index is 4.81. The second kappa shape index (κ2) is 17.1. The van der Waals surface area contributed by atoms with Crippen molar-refractivity contribution in [3.63, 3.8) is 0 Å². The summed E-state index contributed by atoms with van der Waals surface area (Å²) in [5.74, 6) is 0. The third-order valence-corrected chi connectivity index (χ3v) is 2.15. The van der Waals surface area contributed by atoms with E-state index in [1.54, 1.807) is 0 Å². The van der Waals surface area contributed by atoms with Crippen LogP contribution in [0.3, 0.4) is 0 Å². The molecule has 0 aliphatic rings. The molecule has 18 heavy (non-hydrogen) atoms. The van der Waals surface area contributed by atoms with Crippen LogP contribution in [0.2, 0.25) is 0 Å². The first kappa shape index (κ1) is 20.4. The average Bonchev–Trinajstić information content (AvgIpc) is 2.31. The summed E-state index contributed by atoms with van der Waals surface area (Å²) in [5, 5.41) is 0. The van der Waals surface area contributed by atoms with Gasteiger partial charge in [-0.15, -0.1) is 0 Å². The van der Waals surface area contributed by atoms with Crippen LogP contribution in [0, 0.1) is 6.92 Å². The van der Waals surface area contributed by atoms with E-state index in [2.05, 4.69) is 32.9 Å². The minimum absolute atomic E-state index is 0.750. The van der Waals surface area contributed by atoms with Crippen molar-refractivity contribution in [3.8, 4) is 0 Å². The summed E-state index contributed by atoms with van der Waals surface area (Å²) in [6.07, 6.45) is 7.01. The van der Waals surface area contributed by atoms with Gasteiger partial charge in [0.15, 0.2) is 4.30 Å². The van der Waals surface area contributed by atoms with E-state index in [1.165, 1.54) is 37.7 Å². The first-order valence-electron chi connectivity index (χ1n) is 6.48. The number of rotatable bonds is 4. The molecule has 0 aliphatic carbocycles. The van der Waals surface area contributed by atoms with Gasteiger partial charge in [-0.1, -0.05) is 117 Å². The molecule has 0 bridgehead atoms. The molecule has 1 rings (SSSR count). The Hall–Kier alpha value is 0.0900. The van der Waals surface area contributed by atoms with Crippen LogP contribution in [0.5, 0.6) is 0 Å². The topological polar surface area (TPSA) is 0 Å². The van der Waals surface area contributed by atoms with Gasteiger partial charge in [-0.05, 0) is 6.92 Å². The molecule has 0 saturated heterocycles. The lowest BCUT2D eigenvalue weighted by Gasteiger charge is -1.90. The molecule has 0 heterocycles. The second-order valence-electron chi connectivity index (χ2n) is 3.96. The summed E-state index contributed by atoms with van der Waals surface area (Å²) in [4.78, 5) is 0. The third-order valence-electron chi connectivity index (χ3n) is 2.15. The van der Waals surface area contributed by atoms with Crippen LogP contribution in [0.1, 0.15) is 51.5 Å². The van der Waals surface area contributed by atoms with Gasteiger partial charge in [0, 0.05) is 0 Å². The first-order chi connectivity index (χ1) is 8.54. The fourth-order valence-corrected chi connectivity index (χ4v) is 1.21. The third kappa shape index (κ3) is 25.1. The normalized spacial score (nSPS) is 9.06. The van der Waals surface area contributed by atoms with Crippen molar-refractivity contribution in [2.75, 3.05) is 0 Å². The lowest BCUT2D eigenvalue weighted by molar-refractivity contribution is 0.656. The second-order valence-corrected chi connectivity index (χ2v) is 5.94. The van der Waals surface area contributed by atoms with E-state index in [0.717, 1.165) is 0 Å². The van der Waals surface area contributed by atoms with Crippen molar-refractivity contribution in [3.05, 3.63) is 35.9 Å². The smallest absolute Gasteiger partial charge is 0.0874 e. The van der Waals surface area contributed by atoms with Crippen LogP contribution in [0.25, 0.3) is 0 Å². The highest BCUT2D eigenvalue weighted by Gasteiger charge is 1.80. The monoisotopic (exact) mass is 310 g/mol. The standard InChI is InChI=1S/C7H8.C7H16.CHCl3/c1-7-5-3-2-4-6-7;1-3-5-7-6-4-2;2-1(3)4/h2-6H,1H3;3-7H2,1-2H3;1H. The van der Waals surface area contributed by atoms with Crippen molar-refractivity contribution in [1.82, 2.24) is 0 Å². The van der Waals surface area contributed by atoms with Crippen molar-refractivity contribution < 1.29 is 0 Å². The molecule has 0 atom stereocenters. The lowest BCUT2D eigenvalue weighted by atomic mass is 10.2. The largest absolute Gasteiger partial charge is 0.180 e. The number of hydrogen-bond donors (Lipinski definition) is 0. The van der Waals surface area contributed by atoms with Gasteiger partial charge in [-0.25, -0.2) is 0 Å². The molecule has 0 unspecified atom stereocenters. The van der Waals surface area contributed by atoms with Crippen LogP contribution < -0.4 is 0 Å². The minimum Gasteiger partial charge on any atom is -0.0874 e. The Morgan fingerprint density at radius 1 is 0.833 bits per heavy atom. The predicted molar refractivity (Wildman–Crippen MR) is 87.0 cm³/mol. The van der Waals surface area contributed by atoms with Crippen LogP contribution in [-0.2, 0) is 0 Å². The van der Waals surface area contributed by atoms with Gasteiger partial charge in [-0.3, -0.25) is 0 Å². The molecule has 0 aromatic heterocycles. The van der Waals surface area contributed by atoms with E-state index in [-0.39, 0.29) is 0 Å². The summed E-state index contributed by atoms with van der Waals surface area (Å²) in [5.41, 5.74) is 1.32. The van der Waals surface area contributed by atoms with Crippen molar-refractivity contribution >= 4 is 34.8 Å². The van der Waals surface area contributed by atoms with Crippen LogP contribution in [0.4, 0.5) is 0 Å². The van der Waals surface area contributed by atoms with Crippen LogP contribution in [-0.4, -0.2) is 4.30 Å². The van der Waals surface area contributed by atoms with E-state index < -0.39 is 4.30 Å². The summed E-state index contributed by atoms with van der Waals surface area (Å²) >= 11 is 14.4. The van der Waals surface area contributed by atoms with Crippen LogP contribution in [0.15, 0.2) is 30.3 Å². The minimum atomic E-state index is -0.750. The zero-order valence-corrected chi connectivity index (χ0v) is 13.9. The molecule has 0 saturated carbocycles. The van der Waals surface area contributed by atoms with Gasteiger partial charge in [0.25, 0.3) is 0 Å². The molecule has 0 radical (unpaired) electrons. The van der Waals surface area contributed by atoms with Gasteiger partial charge < -0.3 is 0 Å². The quantitative estimate of drug-likeness (QED) is 0.416. The maximum Gasteiger partial charge on any atom is 0.180 e. The highest BCUT2D eigenvalue weighted by atomic mass is 35.6. The molecular formula is C15H25Cl3. The Kier molecular flexibility index (Phi) is 19.4. The Labute approximate surface area is 128 Å². The summed E-state index contributed by atoms with van der Waals surface area (Å²) < 4.78 is -0.750. The van der Waals surface area contributed by atoms with E-state index in [4.69, 9.17) is 34.8 Å². The Morgan fingerprint density at radius 2 is 1.22 bits per heavy atom. The van der Waals surface area contributed by atoms with Gasteiger partial charge >= 0.3 is 0 Å². The van der Waals surface area contributed by atoms with Crippen molar-refractivity contribution in [1.29, 1.82) is 0 Å². The fourth-order valence-electron chi connectivity index (χ4n) is 1.21. The molecule has 1 aromatic rings. The van der Waals surface area contributed by atoms with Gasteiger partial charge in [0.1, 0.15) is 0 Å². The molecule has 0 N–H and O–H groups in total. The fraction of sp³-hybridized carbons (Fsp3) is 0.600. The molecule has 3 heteroatoms. The molecule has 0 aliphatic heterocycles. The number of unbranched alkanes of at least 4 members (excludes halogenated alkanes) is 4. The Bertz CT molecular complexity index is 228. The number of halogens is 3. The van der Waals surface area contributed by atoms with Crippen molar-refractivity contribution in [2.45, 2.75) is 57.2 Å². The van der Waals surface area contributed by atoms with Crippen LogP contribution >= 0.6 is 34.8 Å². The summed E-state index contributed by atoms with van der Waals surface area (Å²) in [7, 11) is 0. The van der Waals surface area contributed by atoms with Crippen molar-refractivity contribution in [2.24, 2.45) is 0 Å². The van der Waals surface area contributed by atoms with Gasteiger partial charge in [0.05, 0.1) is 0 Å². The van der Waals surface area contributed by atoms with E-state index >= 15 is 0 Å². The summed E-state index contributed by atoms with van der Waals surface area (Å²) in [6.45, 7) is 6.57. The predicted octanol–water partition coefficient (Wildman–Crippen LogP) is 6.96. The van der Waals surface area contributed by atoms with Gasteiger partial charge in [0.2, 0.25) is 0 Å². The number of benzene rings is 1. The molecule has 0 spiro atoms. The molecule has 0 amide bonds. The molecule has 1 aromatic carbocycles. The zero-order valence-electron chi connectivity index (χ0n) is 11.6. The molecule has 106 valence electrons. The average molecular weight is 312 g/mol. The zero-order chi connectivity index (χ0) is 14.2. The SMILES string of the molecule is CCCCCCC.Cc1ccccc1.ClC(Cl)Cl. The first-order valence-corrected chi connectivity index (χ1v) is 7.79. The van der Waals surface area contributed by atoms with E-state index in [9.17, 15) is 0 Å². The maximum atomic E-state index is 4.81. The number of hydrogen-bond acceptors (Lipinski definition) is 0. The van der Waals surface area contributed by atoms with E-state index in [0.29, 0.717) is 0 Å². The summed E-state index contributed by atoms with van der Waals surface area (Å²) in [6, 6.07) is 10.3. The number of alkyl halides is 3. The lowest BCUT2D eigenvalue weighted by Crippen LogP contribution is -1.70. The highest BCUT2D eigenvalue weighted by Crippen LogP contribution is 2.03. The highest BCUT2D eigenvalue weighted by molar-refractivity contribution is 6.63. The Balaban J connectivity index is 0. The molecule has 0 fully saturated rings. The van der Waals surface area contributed by atoms with Gasteiger partial charge in [-0.2, -0.15) is 0 Å². The van der Waals surface area contributed by atoms with E-state index in [1.807, 2.05) is 18.2 Å².